The lowest BCUT2D eigenvalue weighted by atomic mass is 10.1. The number of fused-ring (bicyclic) bond motifs is 1. The van der Waals surface area contributed by atoms with E-state index in [9.17, 15) is 18.6 Å². The zero-order chi connectivity index (χ0) is 18.8. The van der Waals surface area contributed by atoms with Gasteiger partial charge < -0.3 is 25.8 Å². The van der Waals surface area contributed by atoms with Crippen LogP contribution in [0.1, 0.15) is 6.23 Å². The molecule has 0 aromatic carbocycles. The van der Waals surface area contributed by atoms with Crippen molar-refractivity contribution >= 4 is 27.4 Å². The van der Waals surface area contributed by atoms with Crippen molar-refractivity contribution in [3.63, 3.8) is 0 Å². The van der Waals surface area contributed by atoms with Gasteiger partial charge >= 0.3 is 10.4 Å². The third kappa shape index (κ3) is 4.18. The summed E-state index contributed by atoms with van der Waals surface area (Å²) in [6.45, 7) is -0.390. The van der Waals surface area contributed by atoms with Crippen LogP contribution in [0, 0.1) is 0 Å². The molecule has 2 aromatic rings. The van der Waals surface area contributed by atoms with E-state index in [0.717, 1.165) is 7.11 Å². The quantitative estimate of drug-likeness (QED) is 0.350. The molecule has 0 spiro atoms. The first-order valence-electron chi connectivity index (χ1n) is 6.78. The first kappa shape index (κ1) is 19.4. The van der Waals surface area contributed by atoms with Crippen LogP contribution < -0.4 is 5.73 Å². The van der Waals surface area contributed by atoms with E-state index < -0.39 is 41.5 Å². The molecule has 0 amide bonds. The minimum atomic E-state index is -4.16. The van der Waals surface area contributed by atoms with E-state index in [1.807, 2.05) is 0 Å². The fourth-order valence-electron chi connectivity index (χ4n) is 2.17. The number of nitrogen functional groups attached to an aromatic ring is 1. The van der Waals surface area contributed by atoms with Crippen LogP contribution in [0.2, 0.25) is 0 Å². The van der Waals surface area contributed by atoms with Crippen LogP contribution in [0.3, 0.4) is 0 Å². The maximum atomic E-state index is 9.95. The Bertz CT molecular complexity index is 827. The van der Waals surface area contributed by atoms with Crippen LogP contribution in [0.25, 0.3) is 11.2 Å². The average molecular weight is 379 g/mol. The molecular formula is C11H17N5O8S. The van der Waals surface area contributed by atoms with Crippen LogP contribution in [0.5, 0.6) is 0 Å². The molecule has 3 heterocycles. The molecule has 2 aromatic heterocycles. The van der Waals surface area contributed by atoms with Gasteiger partial charge in [-0.05, 0) is 0 Å². The third-order valence-corrected chi connectivity index (χ3v) is 3.81. The normalized spacial score (nSPS) is 26.4. The summed E-state index contributed by atoms with van der Waals surface area (Å²) in [4.78, 5) is 11.9. The first-order valence-corrected chi connectivity index (χ1v) is 8.14. The third-order valence-electron chi connectivity index (χ3n) is 3.39. The van der Waals surface area contributed by atoms with E-state index in [4.69, 9.17) is 20.1 Å². The SMILES string of the molecule is COS(=O)(=O)O.Nc1ncnc2c1ncn2[C@@H]1O[C@H](CO)[C@@H](O)[C@H]1O. The van der Waals surface area contributed by atoms with Crippen molar-refractivity contribution in [2.24, 2.45) is 0 Å². The van der Waals surface area contributed by atoms with E-state index in [1.54, 1.807) is 0 Å². The van der Waals surface area contributed by atoms with Crippen LogP contribution in [0.4, 0.5) is 5.82 Å². The van der Waals surface area contributed by atoms with Crippen LogP contribution in [0.15, 0.2) is 12.7 Å². The monoisotopic (exact) mass is 379 g/mol. The van der Waals surface area contributed by atoms with Crippen molar-refractivity contribution in [2.45, 2.75) is 24.5 Å². The van der Waals surface area contributed by atoms with E-state index >= 15 is 0 Å². The standard InChI is InChI=1S/C10H13N5O4.CH4O4S/c11-8-5-9(13-2-12-8)15(3-14-5)10-7(18)6(17)4(1-16)19-10;1-5-6(2,3)4/h2-4,6-7,10,16-18H,1H2,(H2,11,12,13);1H3,(H,2,3,4)/t4-,6-,7-,10-;/m1./s1. The fourth-order valence-corrected chi connectivity index (χ4v) is 2.17. The van der Waals surface area contributed by atoms with Crippen LogP contribution in [-0.2, 0) is 19.3 Å². The van der Waals surface area contributed by atoms with Gasteiger partial charge in [-0.15, -0.1) is 0 Å². The van der Waals surface area contributed by atoms with E-state index in [-0.39, 0.29) is 5.82 Å². The highest BCUT2D eigenvalue weighted by Crippen LogP contribution is 2.31. The molecule has 140 valence electrons. The summed E-state index contributed by atoms with van der Waals surface area (Å²) < 4.78 is 36.6. The highest BCUT2D eigenvalue weighted by atomic mass is 32.3. The molecule has 1 aliphatic heterocycles. The van der Waals surface area contributed by atoms with E-state index in [2.05, 4.69) is 19.1 Å². The molecule has 4 atom stereocenters. The summed E-state index contributed by atoms with van der Waals surface area (Å²) >= 11 is 0. The van der Waals surface area contributed by atoms with Crippen molar-refractivity contribution in [1.82, 2.24) is 19.5 Å². The number of nitrogens with two attached hydrogens (primary N) is 1. The molecule has 14 heteroatoms. The van der Waals surface area contributed by atoms with Gasteiger partial charge in [0, 0.05) is 0 Å². The summed E-state index contributed by atoms with van der Waals surface area (Å²) in [5.41, 5.74) is 6.44. The molecule has 3 rings (SSSR count). The van der Waals surface area contributed by atoms with Gasteiger partial charge in [-0.3, -0.25) is 13.3 Å². The lowest BCUT2D eigenvalue weighted by Gasteiger charge is -2.16. The molecule has 0 saturated carbocycles. The maximum absolute atomic E-state index is 9.95. The number of nitrogens with zero attached hydrogens (tertiary/aromatic N) is 4. The van der Waals surface area contributed by atoms with Crippen molar-refractivity contribution in [1.29, 1.82) is 0 Å². The molecule has 0 unspecified atom stereocenters. The summed E-state index contributed by atoms with van der Waals surface area (Å²) in [7, 11) is -3.29. The topological polar surface area (TPSA) is 203 Å². The molecule has 25 heavy (non-hydrogen) atoms. The zero-order valence-corrected chi connectivity index (χ0v) is 13.7. The van der Waals surface area contributed by atoms with E-state index in [1.165, 1.54) is 17.2 Å². The molecule has 13 nitrogen and oxygen atoms in total. The average Bonchev–Trinajstić information content (AvgIpc) is 3.11. The summed E-state index contributed by atoms with van der Waals surface area (Å²) in [5, 5.41) is 28.7. The fraction of sp³-hybridized carbons (Fsp3) is 0.545. The maximum Gasteiger partial charge on any atom is 0.397 e. The molecule has 0 radical (unpaired) electrons. The Kier molecular flexibility index (Phi) is 5.83. The second-order valence-corrected chi connectivity index (χ2v) is 6.10. The Hall–Kier alpha value is -1.94. The number of aliphatic hydroxyl groups excluding tert-OH is 3. The van der Waals surface area contributed by atoms with Gasteiger partial charge in [-0.1, -0.05) is 0 Å². The van der Waals surface area contributed by atoms with Gasteiger partial charge in [-0.25, -0.2) is 15.0 Å². The van der Waals surface area contributed by atoms with Crippen molar-refractivity contribution in [2.75, 3.05) is 19.5 Å². The largest absolute Gasteiger partial charge is 0.397 e. The van der Waals surface area contributed by atoms with Gasteiger partial charge in [0.25, 0.3) is 0 Å². The molecule has 0 aliphatic carbocycles. The molecule has 0 bridgehead atoms. The van der Waals surface area contributed by atoms with E-state index in [0.29, 0.717) is 11.2 Å². The highest BCUT2D eigenvalue weighted by Gasteiger charge is 2.43. The number of aliphatic hydroxyl groups is 3. The van der Waals surface area contributed by atoms with Gasteiger partial charge in [-0.2, -0.15) is 8.42 Å². The lowest BCUT2D eigenvalue weighted by Crippen LogP contribution is -2.33. The Morgan fingerprint density at radius 1 is 1.32 bits per heavy atom. The minimum Gasteiger partial charge on any atom is -0.394 e. The molecule has 1 aliphatic rings. The molecular weight excluding hydrogens is 362 g/mol. The Balaban J connectivity index is 0.000000326. The number of hydrogen-bond donors (Lipinski definition) is 5. The summed E-state index contributed by atoms with van der Waals surface area (Å²) in [6, 6.07) is 0. The zero-order valence-electron chi connectivity index (χ0n) is 12.9. The Labute approximate surface area is 141 Å². The molecule has 6 N–H and O–H groups in total. The number of imidazole rings is 1. The second-order valence-electron chi connectivity index (χ2n) is 4.91. The number of ether oxygens (including phenoxy) is 1. The van der Waals surface area contributed by atoms with Crippen molar-refractivity contribution in [3.05, 3.63) is 12.7 Å². The minimum absolute atomic E-state index is 0.218. The smallest absolute Gasteiger partial charge is 0.394 e. The number of hydrogen-bond acceptors (Lipinski definition) is 11. The Morgan fingerprint density at radius 3 is 2.48 bits per heavy atom. The number of anilines is 1. The molecule has 1 saturated heterocycles. The molecule has 1 fully saturated rings. The first-order chi connectivity index (χ1) is 11.7. The van der Waals surface area contributed by atoms with Gasteiger partial charge in [0.15, 0.2) is 17.7 Å². The lowest BCUT2D eigenvalue weighted by molar-refractivity contribution is -0.0511. The predicted octanol–water partition coefficient (Wildman–Crippen LogP) is -2.54. The predicted molar refractivity (Wildman–Crippen MR) is 81.3 cm³/mol. The Morgan fingerprint density at radius 2 is 1.96 bits per heavy atom. The van der Waals surface area contributed by atoms with Gasteiger partial charge in [0.1, 0.15) is 30.2 Å². The van der Waals surface area contributed by atoms with Crippen molar-refractivity contribution in [3.8, 4) is 0 Å². The summed E-state index contributed by atoms with van der Waals surface area (Å²) in [5.74, 6) is 0.218. The van der Waals surface area contributed by atoms with Gasteiger partial charge in [0.2, 0.25) is 0 Å². The number of aromatic nitrogens is 4. The highest BCUT2D eigenvalue weighted by molar-refractivity contribution is 7.80. The number of rotatable bonds is 3. The van der Waals surface area contributed by atoms with Crippen LogP contribution in [-0.4, -0.2) is 79.8 Å². The second kappa shape index (κ2) is 7.52. The van der Waals surface area contributed by atoms with Crippen LogP contribution >= 0.6 is 0 Å². The van der Waals surface area contributed by atoms with Gasteiger partial charge in [0.05, 0.1) is 20.0 Å². The van der Waals surface area contributed by atoms with Crippen molar-refractivity contribution < 1.29 is 37.2 Å². The summed E-state index contributed by atoms with van der Waals surface area (Å²) in [6.07, 6.45) is -1.42.